The summed E-state index contributed by atoms with van der Waals surface area (Å²) in [6.45, 7) is 5.55. The van der Waals surface area contributed by atoms with Gasteiger partial charge >= 0.3 is 5.97 Å². The highest BCUT2D eigenvalue weighted by Crippen LogP contribution is 2.40. The zero-order valence-corrected chi connectivity index (χ0v) is 12.6. The summed E-state index contributed by atoms with van der Waals surface area (Å²) in [6, 6.07) is 12.6. The molecule has 0 spiro atoms. The molecule has 0 aromatic heterocycles. The summed E-state index contributed by atoms with van der Waals surface area (Å²) < 4.78 is 0. The molecule has 0 saturated carbocycles. The largest absolute Gasteiger partial charge is 0.508 e. The normalized spacial score (nSPS) is 13.7. The minimum atomic E-state index is -1.09. The lowest BCUT2D eigenvalue weighted by atomic mass is 9.70. The Morgan fingerprint density at radius 3 is 2.19 bits per heavy atom. The minimum absolute atomic E-state index is 0.194. The van der Waals surface area contributed by atoms with Crippen LogP contribution in [-0.4, -0.2) is 16.2 Å². The number of hydrogen-bond donors (Lipinski definition) is 2. The molecule has 1 unspecified atom stereocenters. The maximum Gasteiger partial charge on any atom is 0.318 e. The first-order chi connectivity index (χ1) is 9.95. The van der Waals surface area contributed by atoms with Crippen LogP contribution in [0, 0.1) is 13.8 Å². The highest BCUT2D eigenvalue weighted by molar-refractivity contribution is 5.86. The lowest BCUT2D eigenvalue weighted by Gasteiger charge is -2.31. The number of phenols is 1. The van der Waals surface area contributed by atoms with E-state index in [4.69, 9.17) is 0 Å². The van der Waals surface area contributed by atoms with Crippen LogP contribution in [0.2, 0.25) is 0 Å². The topological polar surface area (TPSA) is 57.5 Å². The fraction of sp³-hybridized carbons (Fsp3) is 0.278. The van der Waals surface area contributed by atoms with Crippen molar-refractivity contribution in [2.45, 2.75) is 32.6 Å². The summed E-state index contributed by atoms with van der Waals surface area (Å²) in [5.74, 6) is -0.677. The molecule has 3 heteroatoms. The Balaban J connectivity index is 2.79. The molecule has 110 valence electrons. The first kappa shape index (κ1) is 15.1. The van der Waals surface area contributed by atoms with Crippen LogP contribution in [0.25, 0.3) is 0 Å². The van der Waals surface area contributed by atoms with Crippen molar-refractivity contribution in [3.05, 3.63) is 64.7 Å². The van der Waals surface area contributed by atoms with Crippen LogP contribution >= 0.6 is 0 Å². The molecule has 0 fully saturated rings. The molecule has 2 rings (SSSR count). The average molecular weight is 284 g/mol. The van der Waals surface area contributed by atoms with Crippen LogP contribution in [0.1, 0.15) is 35.6 Å². The summed E-state index contributed by atoms with van der Waals surface area (Å²) in [6.07, 6.45) is 0.442. The molecule has 0 aliphatic heterocycles. The van der Waals surface area contributed by atoms with Gasteiger partial charge in [-0.1, -0.05) is 43.3 Å². The number of aliphatic carboxylic acids is 1. The molecule has 0 aliphatic carbocycles. The zero-order valence-electron chi connectivity index (χ0n) is 12.6. The molecule has 21 heavy (non-hydrogen) atoms. The summed E-state index contributed by atoms with van der Waals surface area (Å²) in [4.78, 5) is 12.1. The fourth-order valence-electron chi connectivity index (χ4n) is 2.93. The van der Waals surface area contributed by atoms with Gasteiger partial charge in [-0.2, -0.15) is 0 Å². The van der Waals surface area contributed by atoms with E-state index < -0.39 is 11.4 Å². The van der Waals surface area contributed by atoms with Crippen LogP contribution < -0.4 is 0 Å². The van der Waals surface area contributed by atoms with E-state index in [1.54, 1.807) is 19.1 Å². The van der Waals surface area contributed by atoms with E-state index in [-0.39, 0.29) is 5.75 Å². The van der Waals surface area contributed by atoms with Crippen molar-refractivity contribution in [1.29, 1.82) is 0 Å². The molecule has 2 aromatic carbocycles. The van der Waals surface area contributed by atoms with E-state index in [0.29, 0.717) is 6.42 Å². The van der Waals surface area contributed by atoms with Crippen LogP contribution in [0.5, 0.6) is 5.75 Å². The number of carboxylic acids is 1. The van der Waals surface area contributed by atoms with E-state index in [0.717, 1.165) is 22.3 Å². The Kier molecular flexibility index (Phi) is 4.03. The highest BCUT2D eigenvalue weighted by atomic mass is 16.4. The fourth-order valence-corrected chi connectivity index (χ4v) is 2.93. The SMILES string of the molecule is CCC(C(=O)O)(c1ccccc1)c1ccc(O)c(C)c1C. The molecule has 0 saturated heterocycles. The van der Waals surface area contributed by atoms with Crippen molar-refractivity contribution in [3.63, 3.8) is 0 Å². The standard InChI is InChI=1S/C18H20O3/c1-4-18(17(20)21,14-8-6-5-7-9-14)15-10-11-16(19)13(3)12(15)2/h5-11,19H,4H2,1-3H3,(H,20,21). The Morgan fingerprint density at radius 2 is 1.67 bits per heavy atom. The maximum atomic E-state index is 12.1. The molecule has 2 aromatic rings. The average Bonchev–Trinajstić information content (AvgIpc) is 2.49. The second-order valence-electron chi connectivity index (χ2n) is 5.31. The number of hydrogen-bond acceptors (Lipinski definition) is 2. The van der Waals surface area contributed by atoms with E-state index in [1.807, 2.05) is 44.2 Å². The molecule has 2 N–H and O–H groups in total. The van der Waals surface area contributed by atoms with E-state index in [2.05, 4.69) is 0 Å². The van der Waals surface area contributed by atoms with Crippen molar-refractivity contribution >= 4 is 5.97 Å². The summed E-state index contributed by atoms with van der Waals surface area (Å²) >= 11 is 0. The van der Waals surface area contributed by atoms with Gasteiger partial charge in [0.1, 0.15) is 11.2 Å². The van der Waals surface area contributed by atoms with Gasteiger partial charge < -0.3 is 10.2 Å². The second kappa shape index (κ2) is 5.60. The quantitative estimate of drug-likeness (QED) is 0.898. The van der Waals surface area contributed by atoms with Crippen LogP contribution in [0.15, 0.2) is 42.5 Å². The first-order valence-electron chi connectivity index (χ1n) is 7.03. The van der Waals surface area contributed by atoms with Gasteiger partial charge in [0.05, 0.1) is 0 Å². The minimum Gasteiger partial charge on any atom is -0.508 e. The molecule has 1 atom stereocenters. The van der Waals surface area contributed by atoms with E-state index in [1.165, 1.54) is 0 Å². The zero-order chi connectivity index (χ0) is 15.6. The Labute approximate surface area is 124 Å². The predicted molar refractivity (Wildman–Crippen MR) is 82.7 cm³/mol. The number of phenolic OH excluding ortho intramolecular Hbond substituents is 1. The second-order valence-corrected chi connectivity index (χ2v) is 5.31. The summed E-state index contributed by atoms with van der Waals surface area (Å²) in [5.41, 5.74) is 1.95. The van der Waals surface area contributed by atoms with E-state index >= 15 is 0 Å². The monoisotopic (exact) mass is 284 g/mol. The number of carbonyl (C=O) groups is 1. The number of aromatic hydroxyl groups is 1. The highest BCUT2D eigenvalue weighted by Gasteiger charge is 2.41. The molecular formula is C18H20O3. The van der Waals surface area contributed by atoms with Crippen molar-refractivity contribution in [2.75, 3.05) is 0 Å². The third kappa shape index (κ3) is 2.29. The smallest absolute Gasteiger partial charge is 0.318 e. The van der Waals surface area contributed by atoms with E-state index in [9.17, 15) is 15.0 Å². The van der Waals surface area contributed by atoms with Gasteiger partial charge in [0, 0.05) is 0 Å². The van der Waals surface area contributed by atoms with Gasteiger partial charge in [0.2, 0.25) is 0 Å². The molecule has 0 aliphatic rings. The molecule has 3 nitrogen and oxygen atoms in total. The predicted octanol–water partition coefficient (Wildman–Crippen LogP) is 3.79. The summed E-state index contributed by atoms with van der Waals surface area (Å²) in [5, 5.41) is 19.8. The summed E-state index contributed by atoms with van der Waals surface area (Å²) in [7, 11) is 0. The lowest BCUT2D eigenvalue weighted by Crippen LogP contribution is -2.37. The maximum absolute atomic E-state index is 12.1. The third-order valence-electron chi connectivity index (χ3n) is 4.38. The van der Waals surface area contributed by atoms with Crippen molar-refractivity contribution in [2.24, 2.45) is 0 Å². The van der Waals surface area contributed by atoms with Crippen LogP contribution in [-0.2, 0) is 10.2 Å². The van der Waals surface area contributed by atoms with Gasteiger partial charge in [0.25, 0.3) is 0 Å². The molecule has 0 amide bonds. The number of rotatable bonds is 4. The van der Waals surface area contributed by atoms with Crippen molar-refractivity contribution in [3.8, 4) is 5.75 Å². The Hall–Kier alpha value is -2.29. The first-order valence-corrected chi connectivity index (χ1v) is 7.03. The molecule has 0 radical (unpaired) electrons. The van der Waals surface area contributed by atoms with Gasteiger partial charge in [-0.05, 0) is 48.6 Å². The van der Waals surface area contributed by atoms with Crippen LogP contribution in [0.3, 0.4) is 0 Å². The lowest BCUT2D eigenvalue weighted by molar-refractivity contribution is -0.142. The van der Waals surface area contributed by atoms with Crippen LogP contribution in [0.4, 0.5) is 0 Å². The Morgan fingerprint density at radius 1 is 1.05 bits per heavy atom. The third-order valence-corrected chi connectivity index (χ3v) is 4.38. The molecule has 0 bridgehead atoms. The molecular weight excluding hydrogens is 264 g/mol. The molecule has 0 heterocycles. The Bertz CT molecular complexity index is 662. The van der Waals surface area contributed by atoms with Gasteiger partial charge in [-0.3, -0.25) is 4.79 Å². The van der Waals surface area contributed by atoms with Gasteiger partial charge in [-0.15, -0.1) is 0 Å². The van der Waals surface area contributed by atoms with Gasteiger partial charge in [-0.25, -0.2) is 0 Å². The van der Waals surface area contributed by atoms with Crippen molar-refractivity contribution in [1.82, 2.24) is 0 Å². The number of carboxylic acid groups (broad SMARTS) is 1. The van der Waals surface area contributed by atoms with Crippen molar-refractivity contribution < 1.29 is 15.0 Å². The van der Waals surface area contributed by atoms with Gasteiger partial charge in [0.15, 0.2) is 0 Å². The number of benzene rings is 2.